The number of carboxylic acid groups (broad SMARTS) is 1. The number of carboxylic acids is 1. The van der Waals surface area contributed by atoms with E-state index in [0.29, 0.717) is 6.42 Å². The number of aromatic amines is 1. The maximum Gasteiger partial charge on any atom is 0.397 e. The molecule has 2 fully saturated rings. The third-order valence-electron chi connectivity index (χ3n) is 5.21. The first-order valence-electron chi connectivity index (χ1n) is 9.45. The molecule has 0 bridgehead atoms. The second kappa shape index (κ2) is 9.02. The Labute approximate surface area is 174 Å². The molecule has 0 spiro atoms. The van der Waals surface area contributed by atoms with Crippen molar-refractivity contribution in [1.29, 1.82) is 0 Å². The summed E-state index contributed by atoms with van der Waals surface area (Å²) in [6.07, 6.45) is 0.220. The number of aryl methyl sites for hydroxylation is 1. The molecule has 1 aromatic rings. The Morgan fingerprint density at radius 1 is 1.42 bits per heavy atom. The lowest BCUT2D eigenvalue weighted by Gasteiger charge is -2.21. The number of hydrogen-bond acceptors (Lipinski definition) is 8. The molecule has 31 heavy (non-hydrogen) atoms. The number of esters is 1. The van der Waals surface area contributed by atoms with E-state index in [1.165, 1.54) is 13.1 Å². The summed E-state index contributed by atoms with van der Waals surface area (Å²) in [5, 5.41) is 12.7. The van der Waals surface area contributed by atoms with Gasteiger partial charge < -0.3 is 19.5 Å². The van der Waals surface area contributed by atoms with Crippen molar-refractivity contribution in [2.24, 2.45) is 5.11 Å². The third kappa shape index (κ3) is 4.59. The number of aromatic nitrogens is 2. The summed E-state index contributed by atoms with van der Waals surface area (Å²) in [7, 11) is 0. The van der Waals surface area contributed by atoms with Gasteiger partial charge in [-0.3, -0.25) is 19.1 Å². The van der Waals surface area contributed by atoms with Crippen LogP contribution in [0.2, 0.25) is 0 Å². The molecular formula is C17H20N6O8. The number of aliphatic carboxylic acids is 1. The highest BCUT2D eigenvalue weighted by molar-refractivity contribution is 6.32. The molecule has 2 aliphatic heterocycles. The highest BCUT2D eigenvalue weighted by Crippen LogP contribution is 2.30. The van der Waals surface area contributed by atoms with Gasteiger partial charge in [0, 0.05) is 29.6 Å². The van der Waals surface area contributed by atoms with Gasteiger partial charge in [0.25, 0.3) is 5.56 Å². The van der Waals surface area contributed by atoms with Crippen LogP contribution >= 0.6 is 0 Å². The van der Waals surface area contributed by atoms with Crippen LogP contribution < -0.4 is 11.2 Å². The molecule has 4 atom stereocenters. The van der Waals surface area contributed by atoms with E-state index in [-0.39, 0.29) is 24.9 Å². The van der Waals surface area contributed by atoms with E-state index in [4.69, 9.17) is 20.1 Å². The van der Waals surface area contributed by atoms with E-state index in [9.17, 15) is 24.0 Å². The molecule has 166 valence electrons. The topological polar surface area (TPSA) is 197 Å². The number of amides is 1. The van der Waals surface area contributed by atoms with Gasteiger partial charge in [0.2, 0.25) is 0 Å². The van der Waals surface area contributed by atoms with Crippen LogP contribution in [0.25, 0.3) is 10.4 Å². The fourth-order valence-electron chi connectivity index (χ4n) is 3.63. The molecule has 0 aliphatic carbocycles. The monoisotopic (exact) mass is 436 g/mol. The van der Waals surface area contributed by atoms with Gasteiger partial charge in [0.1, 0.15) is 25.0 Å². The number of likely N-dealkylation sites (tertiary alicyclic amines) is 1. The van der Waals surface area contributed by atoms with Crippen LogP contribution in [0.1, 0.15) is 31.1 Å². The van der Waals surface area contributed by atoms with Gasteiger partial charge in [-0.15, -0.1) is 0 Å². The van der Waals surface area contributed by atoms with Crippen molar-refractivity contribution in [3.05, 3.63) is 43.0 Å². The van der Waals surface area contributed by atoms with Crippen molar-refractivity contribution in [3.63, 3.8) is 0 Å². The van der Waals surface area contributed by atoms with Gasteiger partial charge >= 0.3 is 23.5 Å². The molecule has 3 rings (SSSR count). The quantitative estimate of drug-likeness (QED) is 0.201. The molecule has 1 amide bonds. The normalized spacial score (nSPS) is 25.1. The van der Waals surface area contributed by atoms with E-state index < -0.39 is 60.1 Å². The van der Waals surface area contributed by atoms with Crippen LogP contribution in [-0.4, -0.2) is 68.7 Å². The van der Waals surface area contributed by atoms with Crippen LogP contribution in [0.15, 0.2) is 20.9 Å². The van der Waals surface area contributed by atoms with Gasteiger partial charge in [-0.1, -0.05) is 5.11 Å². The molecule has 2 aliphatic rings. The Morgan fingerprint density at radius 3 is 2.84 bits per heavy atom. The highest BCUT2D eigenvalue weighted by Gasteiger charge is 2.40. The van der Waals surface area contributed by atoms with E-state index in [1.54, 1.807) is 0 Å². The number of azide groups is 1. The van der Waals surface area contributed by atoms with E-state index in [0.717, 1.165) is 9.47 Å². The molecule has 0 unspecified atom stereocenters. The molecule has 14 nitrogen and oxygen atoms in total. The molecule has 14 heteroatoms. The Bertz CT molecular complexity index is 1060. The van der Waals surface area contributed by atoms with E-state index in [2.05, 4.69) is 15.0 Å². The minimum Gasteiger partial charge on any atom is -0.480 e. The zero-order chi connectivity index (χ0) is 22.7. The highest BCUT2D eigenvalue weighted by atomic mass is 16.6. The molecular weight excluding hydrogens is 416 g/mol. The summed E-state index contributed by atoms with van der Waals surface area (Å²) in [5.41, 5.74) is 7.79. The first kappa shape index (κ1) is 22.1. The molecule has 3 heterocycles. The molecule has 0 saturated carbocycles. The van der Waals surface area contributed by atoms with Crippen molar-refractivity contribution in [2.75, 3.05) is 13.2 Å². The summed E-state index contributed by atoms with van der Waals surface area (Å²) in [6.45, 7) is 1.18. The van der Waals surface area contributed by atoms with Crippen LogP contribution in [0.3, 0.4) is 0 Å². The first-order chi connectivity index (χ1) is 14.7. The number of nitrogens with one attached hydrogen (secondary N) is 1. The Balaban J connectivity index is 1.68. The van der Waals surface area contributed by atoms with Gasteiger partial charge in [-0.25, -0.2) is 14.4 Å². The average molecular weight is 436 g/mol. The second-order valence-corrected chi connectivity index (χ2v) is 7.21. The number of H-pyrrole nitrogens is 1. The summed E-state index contributed by atoms with van der Waals surface area (Å²) in [4.78, 5) is 65.0. The van der Waals surface area contributed by atoms with Crippen LogP contribution in [0.5, 0.6) is 0 Å². The van der Waals surface area contributed by atoms with Crippen molar-refractivity contribution in [1.82, 2.24) is 14.5 Å². The Hall–Kier alpha value is -3.64. The number of carbonyl (C=O) groups is 3. The second-order valence-electron chi connectivity index (χ2n) is 7.21. The predicted octanol–water partition coefficient (Wildman–Crippen LogP) is -0.570. The maximum atomic E-state index is 12.3. The van der Waals surface area contributed by atoms with E-state index >= 15 is 0 Å². The van der Waals surface area contributed by atoms with Crippen LogP contribution in [0, 0.1) is 6.92 Å². The fourth-order valence-corrected chi connectivity index (χ4v) is 3.63. The van der Waals surface area contributed by atoms with Crippen molar-refractivity contribution >= 4 is 17.8 Å². The number of ether oxygens (including phenoxy) is 2. The Morgan fingerprint density at radius 2 is 2.16 bits per heavy atom. The minimum atomic E-state index is -1.25. The van der Waals surface area contributed by atoms with Gasteiger partial charge in [-0.05, 0) is 25.3 Å². The predicted molar refractivity (Wildman–Crippen MR) is 101 cm³/mol. The SMILES string of the molecule is Cc1cn([C@H]2C[C@H](N=[N+]=[N-])[C@@H](COC(=O)C(=O)N3CCC[C@H]3C(=O)O)O2)c(=O)[nH]c1=O. The zero-order valence-corrected chi connectivity index (χ0v) is 16.5. The van der Waals surface area contributed by atoms with Crippen molar-refractivity contribution < 1.29 is 29.0 Å². The summed E-state index contributed by atoms with van der Waals surface area (Å²) >= 11 is 0. The van der Waals surface area contributed by atoms with Gasteiger partial charge in [-0.2, -0.15) is 0 Å². The lowest BCUT2D eigenvalue weighted by molar-refractivity contribution is -0.165. The molecule has 2 N–H and O–H groups in total. The van der Waals surface area contributed by atoms with E-state index in [1.807, 2.05) is 0 Å². The van der Waals surface area contributed by atoms with Crippen molar-refractivity contribution in [2.45, 2.75) is 50.6 Å². The number of nitrogens with zero attached hydrogens (tertiary/aromatic N) is 5. The van der Waals surface area contributed by atoms with Gasteiger partial charge in [0.15, 0.2) is 0 Å². The lowest BCUT2D eigenvalue weighted by Crippen LogP contribution is -2.45. The van der Waals surface area contributed by atoms with Gasteiger partial charge in [0.05, 0.1) is 6.04 Å². The number of hydrogen-bond donors (Lipinski definition) is 2. The summed E-state index contributed by atoms with van der Waals surface area (Å²) in [6, 6.07) is -1.89. The number of rotatable bonds is 5. The average Bonchev–Trinajstić information content (AvgIpc) is 3.36. The van der Waals surface area contributed by atoms with Crippen LogP contribution in [0.4, 0.5) is 0 Å². The molecule has 0 radical (unpaired) electrons. The Kier molecular flexibility index (Phi) is 6.42. The standard InChI is InChI=1S/C17H20N6O8/c1-8-6-23(17(29)19-13(8)24)12-5-9(20-21-18)11(31-12)7-30-16(28)14(25)22-4-2-3-10(22)15(26)27/h6,9-12H,2-5,7H2,1H3,(H,26,27)(H,19,24,29)/t9-,10-,11+,12+/m0/s1. The third-order valence-corrected chi connectivity index (χ3v) is 5.21. The smallest absolute Gasteiger partial charge is 0.397 e. The largest absolute Gasteiger partial charge is 0.480 e. The lowest BCUT2D eigenvalue weighted by atomic mass is 10.1. The fraction of sp³-hybridized carbons (Fsp3) is 0.588. The van der Waals surface area contributed by atoms with Crippen LogP contribution in [-0.2, 0) is 23.9 Å². The molecule has 0 aromatic carbocycles. The van der Waals surface area contributed by atoms with Crippen molar-refractivity contribution in [3.8, 4) is 0 Å². The summed E-state index contributed by atoms with van der Waals surface area (Å²) < 4.78 is 11.8. The number of carbonyl (C=O) groups excluding carboxylic acids is 2. The molecule has 1 aromatic heterocycles. The molecule has 2 saturated heterocycles. The first-order valence-corrected chi connectivity index (χ1v) is 9.45. The minimum absolute atomic E-state index is 0.0683. The summed E-state index contributed by atoms with van der Waals surface area (Å²) in [5.74, 6) is -3.53. The maximum absolute atomic E-state index is 12.3. The zero-order valence-electron chi connectivity index (χ0n) is 16.5.